The number of ether oxygens (including phenoxy) is 2. The highest BCUT2D eigenvalue weighted by Gasteiger charge is 2.29. The number of aromatic nitrogens is 3. The predicted octanol–water partition coefficient (Wildman–Crippen LogP) is 4.23. The molecule has 34 heavy (non-hydrogen) atoms. The Bertz CT molecular complexity index is 1250. The van der Waals surface area contributed by atoms with Crippen LogP contribution in [0.5, 0.6) is 11.5 Å². The highest BCUT2D eigenvalue weighted by atomic mass is 32.2. The summed E-state index contributed by atoms with van der Waals surface area (Å²) in [5, 5.41) is 12.4. The molecular weight excluding hydrogens is 448 g/mol. The van der Waals surface area contributed by atoms with E-state index in [4.69, 9.17) is 9.47 Å². The second kappa shape index (κ2) is 10.4. The maximum atomic E-state index is 12.5. The topological polar surface area (TPSA) is 78.3 Å². The van der Waals surface area contributed by atoms with Gasteiger partial charge in [0, 0.05) is 12.2 Å². The quantitative estimate of drug-likeness (QED) is 0.387. The van der Waals surface area contributed by atoms with Gasteiger partial charge in [0.25, 0.3) is 0 Å². The molecule has 0 aliphatic carbocycles. The van der Waals surface area contributed by atoms with Gasteiger partial charge in [-0.05, 0) is 36.2 Å². The molecule has 0 saturated heterocycles. The molecule has 0 radical (unpaired) electrons. The molecule has 5 rings (SSSR count). The van der Waals surface area contributed by atoms with Crippen LogP contribution in [0.3, 0.4) is 0 Å². The van der Waals surface area contributed by atoms with Crippen molar-refractivity contribution >= 4 is 17.7 Å². The third kappa shape index (κ3) is 5.07. The Balaban J connectivity index is 1.29. The lowest BCUT2D eigenvalue weighted by Crippen LogP contribution is -2.27. The van der Waals surface area contributed by atoms with Crippen molar-refractivity contribution in [1.82, 2.24) is 20.1 Å². The van der Waals surface area contributed by atoms with Gasteiger partial charge in [0.05, 0.1) is 5.75 Å². The van der Waals surface area contributed by atoms with Crippen molar-refractivity contribution in [3.63, 3.8) is 0 Å². The van der Waals surface area contributed by atoms with Gasteiger partial charge >= 0.3 is 0 Å². The summed E-state index contributed by atoms with van der Waals surface area (Å²) in [5.74, 6) is 2.22. The summed E-state index contributed by atoms with van der Waals surface area (Å²) in [7, 11) is 0. The van der Waals surface area contributed by atoms with Gasteiger partial charge in [-0.3, -0.25) is 9.36 Å². The Hall–Kier alpha value is -3.78. The van der Waals surface area contributed by atoms with E-state index < -0.39 is 6.10 Å². The smallest absolute Gasteiger partial charge is 0.230 e. The van der Waals surface area contributed by atoms with E-state index in [1.807, 2.05) is 77.4 Å². The first-order chi connectivity index (χ1) is 16.8. The third-order valence-electron chi connectivity index (χ3n) is 5.38. The maximum absolute atomic E-state index is 12.5. The first-order valence-corrected chi connectivity index (χ1v) is 12.1. The van der Waals surface area contributed by atoms with Crippen LogP contribution >= 0.6 is 11.8 Å². The van der Waals surface area contributed by atoms with Crippen molar-refractivity contribution in [2.45, 2.75) is 17.7 Å². The molecule has 0 spiro atoms. The predicted molar refractivity (Wildman–Crippen MR) is 131 cm³/mol. The van der Waals surface area contributed by atoms with E-state index in [1.54, 1.807) is 0 Å². The average Bonchev–Trinajstić information content (AvgIpc) is 3.32. The van der Waals surface area contributed by atoms with Gasteiger partial charge in [0.1, 0.15) is 6.61 Å². The minimum absolute atomic E-state index is 0.0451. The monoisotopic (exact) mass is 472 g/mol. The zero-order valence-electron chi connectivity index (χ0n) is 18.5. The molecule has 1 aliphatic rings. The molecule has 0 bridgehead atoms. The second-order valence-corrected chi connectivity index (χ2v) is 8.69. The number of hydrogen-bond acceptors (Lipinski definition) is 6. The van der Waals surface area contributed by atoms with Crippen LogP contribution in [0, 0.1) is 0 Å². The summed E-state index contributed by atoms with van der Waals surface area (Å²) in [5.41, 5.74) is 2.09. The number of thioether (sulfide) groups is 1. The summed E-state index contributed by atoms with van der Waals surface area (Å²) >= 11 is 1.35. The highest BCUT2D eigenvalue weighted by molar-refractivity contribution is 7.99. The zero-order chi connectivity index (χ0) is 23.2. The Morgan fingerprint density at radius 3 is 2.44 bits per heavy atom. The van der Waals surface area contributed by atoms with Gasteiger partial charge < -0.3 is 14.8 Å². The van der Waals surface area contributed by atoms with E-state index in [0.717, 1.165) is 12.1 Å². The lowest BCUT2D eigenvalue weighted by Gasteiger charge is -2.26. The van der Waals surface area contributed by atoms with Crippen molar-refractivity contribution in [1.29, 1.82) is 0 Å². The Kier molecular flexibility index (Phi) is 6.76. The molecule has 2 heterocycles. The van der Waals surface area contributed by atoms with Gasteiger partial charge in [-0.15, -0.1) is 10.2 Å². The summed E-state index contributed by atoms with van der Waals surface area (Å²) in [6.45, 7) is 0.916. The normalized spacial score (nSPS) is 14.5. The lowest BCUT2D eigenvalue weighted by molar-refractivity contribution is -0.118. The molecule has 1 unspecified atom stereocenters. The Labute approximate surface area is 202 Å². The number of para-hydroxylation sites is 3. The van der Waals surface area contributed by atoms with Gasteiger partial charge in [0.2, 0.25) is 5.91 Å². The highest BCUT2D eigenvalue weighted by Crippen LogP contribution is 2.36. The Morgan fingerprint density at radius 1 is 0.941 bits per heavy atom. The SMILES string of the molecule is O=C(CSc1nnc(C2COc3ccccc3O2)n1-c1ccccc1)NCCc1ccccc1. The van der Waals surface area contributed by atoms with E-state index >= 15 is 0 Å². The van der Waals surface area contributed by atoms with Gasteiger partial charge in [-0.25, -0.2) is 0 Å². The fraction of sp³-hybridized carbons (Fsp3) is 0.192. The lowest BCUT2D eigenvalue weighted by atomic mass is 10.1. The minimum Gasteiger partial charge on any atom is -0.485 e. The van der Waals surface area contributed by atoms with E-state index in [-0.39, 0.29) is 11.7 Å². The van der Waals surface area contributed by atoms with Crippen molar-refractivity contribution in [3.8, 4) is 17.2 Å². The summed E-state index contributed by atoms with van der Waals surface area (Å²) in [6.07, 6.45) is 0.374. The summed E-state index contributed by atoms with van der Waals surface area (Å²) in [4.78, 5) is 12.5. The Morgan fingerprint density at radius 2 is 1.65 bits per heavy atom. The van der Waals surface area contributed by atoms with Crippen LogP contribution < -0.4 is 14.8 Å². The number of carbonyl (C=O) groups is 1. The fourth-order valence-corrected chi connectivity index (χ4v) is 4.51. The maximum Gasteiger partial charge on any atom is 0.230 e. The molecular formula is C26H24N4O3S. The summed E-state index contributed by atoms with van der Waals surface area (Å²) in [6, 6.07) is 27.5. The molecule has 1 aromatic heterocycles. The molecule has 1 amide bonds. The first-order valence-electron chi connectivity index (χ1n) is 11.1. The van der Waals surface area contributed by atoms with Crippen LogP contribution in [0.25, 0.3) is 5.69 Å². The van der Waals surface area contributed by atoms with Crippen LogP contribution in [0.15, 0.2) is 90.1 Å². The summed E-state index contributed by atoms with van der Waals surface area (Å²) < 4.78 is 14.0. The number of rotatable bonds is 8. The number of amides is 1. The van der Waals surface area contributed by atoms with Crippen molar-refractivity contribution in [3.05, 3.63) is 96.3 Å². The van der Waals surface area contributed by atoms with E-state index in [1.165, 1.54) is 17.3 Å². The van der Waals surface area contributed by atoms with Crippen molar-refractivity contribution < 1.29 is 14.3 Å². The first kappa shape index (κ1) is 22.0. The molecule has 0 saturated carbocycles. The molecule has 172 valence electrons. The number of nitrogens with one attached hydrogen (secondary N) is 1. The van der Waals surface area contributed by atoms with Crippen LogP contribution in [0.4, 0.5) is 0 Å². The molecule has 1 N–H and O–H groups in total. The van der Waals surface area contributed by atoms with Crippen molar-refractivity contribution in [2.24, 2.45) is 0 Å². The standard InChI is InChI=1S/C26H24N4O3S/c31-24(27-16-15-19-9-3-1-4-10-19)18-34-26-29-28-25(30(26)20-11-5-2-6-12-20)23-17-32-21-13-7-8-14-22(21)33-23/h1-14,23H,15-18H2,(H,27,31). The number of fused-ring (bicyclic) bond motifs is 1. The van der Waals surface area contributed by atoms with Crippen LogP contribution in [0.1, 0.15) is 17.5 Å². The number of hydrogen-bond donors (Lipinski definition) is 1. The number of carbonyl (C=O) groups excluding carboxylic acids is 1. The molecule has 3 aromatic carbocycles. The molecule has 8 heteroatoms. The van der Waals surface area contributed by atoms with E-state index in [9.17, 15) is 4.79 Å². The second-order valence-electron chi connectivity index (χ2n) is 7.75. The van der Waals surface area contributed by atoms with E-state index in [0.29, 0.717) is 35.6 Å². The van der Waals surface area contributed by atoms with Crippen LogP contribution in [0.2, 0.25) is 0 Å². The largest absolute Gasteiger partial charge is 0.485 e. The van der Waals surface area contributed by atoms with Crippen LogP contribution in [-0.2, 0) is 11.2 Å². The third-order valence-corrected chi connectivity index (χ3v) is 6.31. The molecule has 4 aromatic rings. The van der Waals surface area contributed by atoms with Crippen LogP contribution in [-0.4, -0.2) is 39.6 Å². The molecule has 1 aliphatic heterocycles. The zero-order valence-corrected chi connectivity index (χ0v) is 19.3. The molecule has 0 fully saturated rings. The molecule has 1 atom stereocenters. The van der Waals surface area contributed by atoms with Gasteiger partial charge in [-0.2, -0.15) is 0 Å². The van der Waals surface area contributed by atoms with Gasteiger partial charge in [-0.1, -0.05) is 72.4 Å². The average molecular weight is 473 g/mol. The van der Waals surface area contributed by atoms with Crippen molar-refractivity contribution in [2.75, 3.05) is 18.9 Å². The fourth-order valence-electron chi connectivity index (χ4n) is 3.72. The number of benzene rings is 3. The minimum atomic E-state index is -0.420. The van der Waals surface area contributed by atoms with Gasteiger partial charge in [0.15, 0.2) is 28.6 Å². The molecule has 7 nitrogen and oxygen atoms in total. The number of nitrogens with zero attached hydrogens (tertiary/aromatic N) is 3. The van der Waals surface area contributed by atoms with E-state index in [2.05, 4.69) is 27.6 Å².